The summed E-state index contributed by atoms with van der Waals surface area (Å²) in [6, 6.07) is 0. The molecule has 10 heteroatoms. The van der Waals surface area contributed by atoms with Gasteiger partial charge in [-0.25, -0.2) is 9.78 Å². The van der Waals surface area contributed by atoms with Gasteiger partial charge in [0.15, 0.2) is 0 Å². The summed E-state index contributed by atoms with van der Waals surface area (Å²) in [7, 11) is 0. The molecule has 118 valence electrons. The SMILES string of the molecule is Cc1nc2sc(C(=O)O)c(NC(=O)C(F)(F)F)c2c(C)c1Cl. The molecule has 2 rings (SSSR count). The van der Waals surface area contributed by atoms with E-state index < -0.39 is 28.6 Å². The number of carboxylic acid groups (broad SMARTS) is 1. The molecule has 1 amide bonds. The number of pyridine rings is 1. The largest absolute Gasteiger partial charge is 0.477 e. The summed E-state index contributed by atoms with van der Waals surface area (Å²) < 4.78 is 37.3. The second-order valence-electron chi connectivity index (χ2n) is 4.38. The maximum absolute atomic E-state index is 12.4. The molecule has 0 aliphatic heterocycles. The lowest BCUT2D eigenvalue weighted by Gasteiger charge is -2.10. The molecule has 2 heterocycles. The van der Waals surface area contributed by atoms with Crippen LogP contribution in [0.5, 0.6) is 0 Å². The van der Waals surface area contributed by atoms with E-state index in [0.717, 1.165) is 0 Å². The predicted octanol–water partition coefficient (Wildman–Crippen LogP) is 3.77. The van der Waals surface area contributed by atoms with Crippen LogP contribution in [0.4, 0.5) is 18.9 Å². The summed E-state index contributed by atoms with van der Waals surface area (Å²) >= 11 is 6.67. The van der Waals surface area contributed by atoms with E-state index >= 15 is 0 Å². The highest BCUT2D eigenvalue weighted by Gasteiger charge is 2.40. The average molecular weight is 353 g/mol. The number of aryl methyl sites for hydroxylation is 2. The molecule has 2 aromatic heterocycles. The average Bonchev–Trinajstić information content (AvgIpc) is 2.73. The van der Waals surface area contributed by atoms with Gasteiger partial charge in [-0.15, -0.1) is 11.3 Å². The Morgan fingerprint density at radius 1 is 1.32 bits per heavy atom. The molecule has 2 aromatic rings. The van der Waals surface area contributed by atoms with Gasteiger partial charge in [0, 0.05) is 5.39 Å². The van der Waals surface area contributed by atoms with Crippen molar-refractivity contribution in [2.45, 2.75) is 20.0 Å². The van der Waals surface area contributed by atoms with E-state index in [1.165, 1.54) is 6.92 Å². The minimum Gasteiger partial charge on any atom is -0.477 e. The first-order valence-electron chi connectivity index (χ1n) is 5.74. The highest BCUT2D eigenvalue weighted by atomic mass is 35.5. The van der Waals surface area contributed by atoms with Gasteiger partial charge in [0.2, 0.25) is 0 Å². The molecule has 22 heavy (non-hydrogen) atoms. The van der Waals surface area contributed by atoms with Gasteiger partial charge < -0.3 is 10.4 Å². The molecule has 5 nitrogen and oxygen atoms in total. The van der Waals surface area contributed by atoms with Gasteiger partial charge in [0.1, 0.15) is 9.71 Å². The Hall–Kier alpha value is -1.87. The van der Waals surface area contributed by atoms with E-state index in [1.807, 2.05) is 0 Å². The minimum atomic E-state index is -5.14. The van der Waals surface area contributed by atoms with Crippen molar-refractivity contribution in [1.29, 1.82) is 0 Å². The summed E-state index contributed by atoms with van der Waals surface area (Å²) in [6.07, 6.45) is -5.14. The monoisotopic (exact) mass is 352 g/mol. The first kappa shape index (κ1) is 16.5. The maximum Gasteiger partial charge on any atom is 0.471 e. The second kappa shape index (κ2) is 5.40. The van der Waals surface area contributed by atoms with Crippen molar-refractivity contribution in [3.05, 3.63) is 21.2 Å². The van der Waals surface area contributed by atoms with Crippen molar-refractivity contribution >= 4 is 50.7 Å². The Morgan fingerprint density at radius 2 is 1.91 bits per heavy atom. The Balaban J connectivity index is 2.74. The number of thiophene rings is 1. The Kier molecular flexibility index (Phi) is 4.05. The fourth-order valence-corrected chi connectivity index (χ4v) is 3.09. The van der Waals surface area contributed by atoms with Gasteiger partial charge in [-0.05, 0) is 19.4 Å². The molecular formula is C12H8ClF3N2O3S. The lowest BCUT2D eigenvalue weighted by atomic mass is 10.1. The number of fused-ring (bicyclic) bond motifs is 1. The zero-order chi connectivity index (χ0) is 16.8. The van der Waals surface area contributed by atoms with Crippen LogP contribution in [0.2, 0.25) is 5.02 Å². The molecule has 0 aliphatic rings. The summed E-state index contributed by atoms with van der Waals surface area (Å²) in [6.45, 7) is 3.10. The highest BCUT2D eigenvalue weighted by Crippen LogP contribution is 2.40. The van der Waals surface area contributed by atoms with E-state index in [1.54, 1.807) is 12.2 Å². The maximum atomic E-state index is 12.4. The van der Waals surface area contributed by atoms with Crippen LogP contribution in [0.15, 0.2) is 0 Å². The van der Waals surface area contributed by atoms with E-state index in [2.05, 4.69) is 4.98 Å². The molecular weight excluding hydrogens is 345 g/mol. The lowest BCUT2D eigenvalue weighted by Crippen LogP contribution is -2.30. The quantitative estimate of drug-likeness (QED) is 0.862. The lowest BCUT2D eigenvalue weighted by molar-refractivity contribution is -0.167. The minimum absolute atomic E-state index is 0.0931. The number of amides is 1. The van der Waals surface area contributed by atoms with Crippen molar-refractivity contribution in [2.24, 2.45) is 0 Å². The van der Waals surface area contributed by atoms with Crippen molar-refractivity contribution in [3.63, 3.8) is 0 Å². The van der Waals surface area contributed by atoms with Gasteiger partial charge in [0.05, 0.1) is 16.4 Å². The molecule has 0 aromatic carbocycles. The van der Waals surface area contributed by atoms with E-state index in [0.29, 0.717) is 22.6 Å². The fraction of sp³-hybridized carbons (Fsp3) is 0.250. The van der Waals surface area contributed by atoms with Crippen LogP contribution in [0.1, 0.15) is 20.9 Å². The topological polar surface area (TPSA) is 79.3 Å². The van der Waals surface area contributed by atoms with E-state index in [9.17, 15) is 22.8 Å². The Labute approximate surface area is 130 Å². The van der Waals surface area contributed by atoms with Gasteiger partial charge >= 0.3 is 18.1 Å². The van der Waals surface area contributed by atoms with Crippen molar-refractivity contribution < 1.29 is 27.9 Å². The molecule has 0 fully saturated rings. The number of carbonyl (C=O) groups is 2. The highest BCUT2D eigenvalue weighted by molar-refractivity contribution is 7.21. The fourth-order valence-electron chi connectivity index (χ4n) is 1.88. The number of anilines is 1. The van der Waals surface area contributed by atoms with E-state index in [4.69, 9.17) is 16.7 Å². The summed E-state index contributed by atoms with van der Waals surface area (Å²) in [5.41, 5.74) is 0.325. The van der Waals surface area contributed by atoms with E-state index in [-0.39, 0.29) is 15.2 Å². The third kappa shape index (κ3) is 2.73. The number of hydrogen-bond donors (Lipinski definition) is 2. The molecule has 0 bridgehead atoms. The number of rotatable bonds is 2. The van der Waals surface area contributed by atoms with Crippen molar-refractivity contribution in [2.75, 3.05) is 5.32 Å². The Morgan fingerprint density at radius 3 is 2.41 bits per heavy atom. The zero-order valence-corrected chi connectivity index (χ0v) is 12.7. The first-order chi connectivity index (χ1) is 10.0. The molecule has 0 saturated heterocycles. The summed E-state index contributed by atoms with van der Waals surface area (Å²) in [5, 5.41) is 11.0. The molecule has 0 atom stereocenters. The molecule has 0 saturated carbocycles. The number of halogens is 4. The molecule has 0 aliphatic carbocycles. The standard InChI is InChI=1S/C12H8ClF3N2O3S/c1-3-5-7(18-11(21)12(14,15)16)8(10(19)20)22-9(5)17-4(2)6(3)13/h1-2H3,(H,18,21)(H,19,20). The number of nitrogens with one attached hydrogen (secondary N) is 1. The summed E-state index contributed by atoms with van der Waals surface area (Å²) in [4.78, 5) is 26.2. The third-order valence-corrected chi connectivity index (χ3v) is 4.50. The molecule has 0 unspecified atom stereocenters. The van der Waals surface area contributed by atoms with Crippen LogP contribution in [0.25, 0.3) is 10.2 Å². The number of nitrogens with zero attached hydrogens (tertiary/aromatic N) is 1. The van der Waals surface area contributed by atoms with Crippen LogP contribution in [-0.4, -0.2) is 28.1 Å². The second-order valence-corrected chi connectivity index (χ2v) is 5.76. The molecule has 2 N–H and O–H groups in total. The van der Waals surface area contributed by atoms with Crippen LogP contribution in [-0.2, 0) is 4.79 Å². The van der Waals surface area contributed by atoms with Crippen LogP contribution in [0.3, 0.4) is 0 Å². The van der Waals surface area contributed by atoms with Crippen LogP contribution >= 0.6 is 22.9 Å². The number of alkyl halides is 3. The normalized spacial score (nSPS) is 11.7. The van der Waals surface area contributed by atoms with Gasteiger partial charge in [-0.3, -0.25) is 4.79 Å². The smallest absolute Gasteiger partial charge is 0.471 e. The number of carboxylic acids is 1. The first-order valence-corrected chi connectivity index (χ1v) is 6.94. The van der Waals surface area contributed by atoms with Gasteiger partial charge in [0.25, 0.3) is 0 Å². The van der Waals surface area contributed by atoms with Crippen molar-refractivity contribution in [3.8, 4) is 0 Å². The van der Waals surface area contributed by atoms with Crippen molar-refractivity contribution in [1.82, 2.24) is 4.98 Å². The molecule has 0 radical (unpaired) electrons. The van der Waals surface area contributed by atoms with Gasteiger partial charge in [-0.2, -0.15) is 13.2 Å². The summed E-state index contributed by atoms with van der Waals surface area (Å²) in [5.74, 6) is -3.72. The predicted molar refractivity (Wildman–Crippen MR) is 75.7 cm³/mol. The Bertz CT molecular complexity index is 801. The van der Waals surface area contributed by atoms with Gasteiger partial charge in [-0.1, -0.05) is 11.6 Å². The number of carbonyl (C=O) groups excluding carboxylic acids is 1. The number of hydrogen-bond acceptors (Lipinski definition) is 4. The third-order valence-electron chi connectivity index (χ3n) is 2.87. The van der Waals surface area contributed by atoms with Crippen LogP contribution in [0, 0.1) is 13.8 Å². The molecule has 0 spiro atoms. The van der Waals surface area contributed by atoms with Crippen LogP contribution < -0.4 is 5.32 Å². The zero-order valence-electron chi connectivity index (χ0n) is 11.1. The number of aromatic nitrogens is 1. The number of aromatic carboxylic acids is 1.